The third-order valence-electron chi connectivity index (χ3n) is 2.85. The first-order valence-electron chi connectivity index (χ1n) is 5.85. The lowest BCUT2D eigenvalue weighted by Crippen LogP contribution is -2.03. The molecule has 0 atom stereocenters. The highest BCUT2D eigenvalue weighted by molar-refractivity contribution is 5.60. The van der Waals surface area contributed by atoms with Crippen LogP contribution in [-0.2, 0) is 0 Å². The van der Waals surface area contributed by atoms with Crippen LogP contribution in [0, 0.1) is 17.5 Å². The number of aromatic nitrogens is 4. The molecule has 0 aliphatic carbocycles. The Morgan fingerprint density at radius 1 is 0.952 bits per heavy atom. The number of nitrogens with two attached hydrogens (primary N) is 1. The fraction of sp³-hybridized carbons (Fsp3) is 0. The van der Waals surface area contributed by atoms with Gasteiger partial charge in [-0.3, -0.25) is 0 Å². The SMILES string of the molecule is Nc1ccc(-c2nnnn2-c2cc(F)c(F)c(F)c2)cc1. The average molecular weight is 291 g/mol. The first-order chi connectivity index (χ1) is 10.1. The summed E-state index contributed by atoms with van der Waals surface area (Å²) < 4.78 is 40.7. The Balaban J connectivity index is 2.13. The van der Waals surface area contributed by atoms with E-state index in [1.807, 2.05) is 0 Å². The van der Waals surface area contributed by atoms with E-state index in [4.69, 9.17) is 5.73 Å². The molecule has 106 valence electrons. The van der Waals surface area contributed by atoms with Gasteiger partial charge in [0.1, 0.15) is 0 Å². The van der Waals surface area contributed by atoms with Gasteiger partial charge in [0.2, 0.25) is 0 Å². The van der Waals surface area contributed by atoms with Gasteiger partial charge in [0.05, 0.1) is 5.69 Å². The first-order valence-corrected chi connectivity index (χ1v) is 5.85. The molecule has 1 heterocycles. The summed E-state index contributed by atoms with van der Waals surface area (Å²) in [6.07, 6.45) is 0. The number of hydrogen-bond donors (Lipinski definition) is 1. The van der Waals surface area contributed by atoms with E-state index in [1.54, 1.807) is 24.3 Å². The molecule has 0 saturated carbocycles. The Morgan fingerprint density at radius 2 is 1.57 bits per heavy atom. The molecule has 0 bridgehead atoms. The minimum atomic E-state index is -1.54. The maximum Gasteiger partial charge on any atom is 0.194 e. The Hall–Kier alpha value is -2.90. The summed E-state index contributed by atoms with van der Waals surface area (Å²) in [7, 11) is 0. The van der Waals surface area contributed by atoms with Crippen LogP contribution in [0.2, 0.25) is 0 Å². The third kappa shape index (κ3) is 2.31. The van der Waals surface area contributed by atoms with E-state index < -0.39 is 17.5 Å². The molecule has 0 spiro atoms. The van der Waals surface area contributed by atoms with Gasteiger partial charge in [0, 0.05) is 23.4 Å². The zero-order chi connectivity index (χ0) is 15.0. The van der Waals surface area contributed by atoms with Gasteiger partial charge in [-0.25, -0.2) is 13.2 Å². The summed E-state index contributed by atoms with van der Waals surface area (Å²) in [5.74, 6) is -3.92. The number of hydrogen-bond acceptors (Lipinski definition) is 4. The lowest BCUT2D eigenvalue weighted by molar-refractivity contribution is 0.446. The summed E-state index contributed by atoms with van der Waals surface area (Å²) in [4.78, 5) is 0. The van der Waals surface area contributed by atoms with Gasteiger partial charge < -0.3 is 5.73 Å². The predicted octanol–water partition coefficient (Wildman–Crippen LogP) is 2.33. The molecule has 0 fully saturated rings. The third-order valence-corrected chi connectivity index (χ3v) is 2.85. The van der Waals surface area contributed by atoms with Crippen molar-refractivity contribution in [2.75, 3.05) is 5.73 Å². The van der Waals surface area contributed by atoms with Crippen molar-refractivity contribution in [2.24, 2.45) is 0 Å². The minimum absolute atomic E-state index is 0.0248. The number of rotatable bonds is 2. The van der Waals surface area contributed by atoms with Crippen molar-refractivity contribution in [3.63, 3.8) is 0 Å². The van der Waals surface area contributed by atoms with Gasteiger partial charge in [0.15, 0.2) is 23.3 Å². The highest BCUT2D eigenvalue weighted by Gasteiger charge is 2.16. The zero-order valence-corrected chi connectivity index (χ0v) is 10.5. The maximum absolute atomic E-state index is 13.3. The molecule has 0 saturated heterocycles. The largest absolute Gasteiger partial charge is 0.399 e. The van der Waals surface area contributed by atoms with Crippen LogP contribution < -0.4 is 5.73 Å². The van der Waals surface area contributed by atoms with Crippen molar-refractivity contribution in [3.8, 4) is 17.1 Å². The van der Waals surface area contributed by atoms with Gasteiger partial charge in [-0.05, 0) is 34.7 Å². The summed E-state index contributed by atoms with van der Waals surface area (Å²) >= 11 is 0. The van der Waals surface area contributed by atoms with Gasteiger partial charge in [0.25, 0.3) is 0 Å². The van der Waals surface area contributed by atoms with Gasteiger partial charge in [-0.2, -0.15) is 4.68 Å². The second kappa shape index (κ2) is 4.89. The topological polar surface area (TPSA) is 69.6 Å². The van der Waals surface area contributed by atoms with Crippen molar-refractivity contribution in [2.45, 2.75) is 0 Å². The van der Waals surface area contributed by atoms with Crippen LogP contribution in [0.15, 0.2) is 36.4 Å². The number of anilines is 1. The molecule has 3 rings (SSSR count). The lowest BCUT2D eigenvalue weighted by Gasteiger charge is -2.06. The number of nitrogen functional groups attached to an aromatic ring is 1. The van der Waals surface area contributed by atoms with Gasteiger partial charge in [-0.1, -0.05) is 0 Å². The smallest absolute Gasteiger partial charge is 0.194 e. The molecule has 0 radical (unpaired) electrons. The minimum Gasteiger partial charge on any atom is -0.399 e. The number of halogens is 3. The Kier molecular flexibility index (Phi) is 3.05. The Labute approximate surface area is 116 Å². The maximum atomic E-state index is 13.3. The standard InChI is InChI=1S/C13H8F3N5/c14-10-5-9(6-11(15)12(10)16)21-13(18-19-20-21)7-1-3-8(17)4-2-7/h1-6H,17H2. The summed E-state index contributed by atoms with van der Waals surface area (Å²) in [6, 6.07) is 8.23. The normalized spacial score (nSPS) is 10.8. The van der Waals surface area contributed by atoms with Crippen LogP contribution in [-0.4, -0.2) is 20.2 Å². The van der Waals surface area contributed by atoms with Crippen molar-refractivity contribution < 1.29 is 13.2 Å². The molecule has 0 unspecified atom stereocenters. The first kappa shape index (κ1) is 13.1. The molecular weight excluding hydrogens is 283 g/mol. The molecule has 8 heteroatoms. The molecule has 21 heavy (non-hydrogen) atoms. The molecule has 5 nitrogen and oxygen atoms in total. The van der Waals surface area contributed by atoms with Crippen LogP contribution in [0.25, 0.3) is 17.1 Å². The zero-order valence-electron chi connectivity index (χ0n) is 10.5. The number of nitrogens with zero attached hydrogens (tertiary/aromatic N) is 4. The second-order valence-corrected chi connectivity index (χ2v) is 4.26. The summed E-state index contributed by atoms with van der Waals surface area (Å²) in [5, 5.41) is 10.9. The van der Waals surface area contributed by atoms with Crippen molar-refractivity contribution in [1.82, 2.24) is 20.2 Å². The fourth-order valence-corrected chi connectivity index (χ4v) is 1.84. The Bertz CT molecular complexity index is 775. The van der Waals surface area contributed by atoms with E-state index in [9.17, 15) is 13.2 Å². The van der Waals surface area contributed by atoms with Crippen molar-refractivity contribution >= 4 is 5.69 Å². The van der Waals surface area contributed by atoms with Crippen LogP contribution in [0.1, 0.15) is 0 Å². The monoisotopic (exact) mass is 291 g/mol. The predicted molar refractivity (Wildman–Crippen MR) is 68.9 cm³/mol. The van der Waals surface area contributed by atoms with Crippen molar-refractivity contribution in [1.29, 1.82) is 0 Å². The molecule has 1 aromatic heterocycles. The van der Waals surface area contributed by atoms with Gasteiger partial charge in [-0.15, -0.1) is 5.10 Å². The molecule has 2 N–H and O–H groups in total. The van der Waals surface area contributed by atoms with Crippen molar-refractivity contribution in [3.05, 3.63) is 53.8 Å². The highest BCUT2D eigenvalue weighted by atomic mass is 19.2. The molecule has 0 aliphatic rings. The molecule has 0 amide bonds. The average Bonchev–Trinajstić information content (AvgIpc) is 2.94. The van der Waals surface area contributed by atoms with Crippen LogP contribution in [0.3, 0.4) is 0 Å². The molecule has 2 aromatic carbocycles. The van der Waals surface area contributed by atoms with Crippen LogP contribution in [0.4, 0.5) is 18.9 Å². The fourth-order valence-electron chi connectivity index (χ4n) is 1.84. The molecular formula is C13H8F3N5. The lowest BCUT2D eigenvalue weighted by atomic mass is 10.2. The summed E-state index contributed by atoms with van der Waals surface area (Å²) in [5.41, 5.74) is 6.71. The molecule has 3 aromatic rings. The Morgan fingerprint density at radius 3 is 2.19 bits per heavy atom. The van der Waals surface area contributed by atoms with E-state index >= 15 is 0 Å². The van der Waals surface area contributed by atoms with Crippen LogP contribution >= 0.6 is 0 Å². The van der Waals surface area contributed by atoms with E-state index in [0.717, 1.165) is 16.8 Å². The van der Waals surface area contributed by atoms with E-state index in [0.29, 0.717) is 11.3 Å². The van der Waals surface area contributed by atoms with E-state index in [-0.39, 0.29) is 11.5 Å². The number of benzene rings is 2. The molecule has 0 aliphatic heterocycles. The second-order valence-electron chi connectivity index (χ2n) is 4.26. The quantitative estimate of drug-likeness (QED) is 0.581. The van der Waals surface area contributed by atoms with E-state index in [2.05, 4.69) is 15.5 Å². The number of tetrazole rings is 1. The van der Waals surface area contributed by atoms with E-state index in [1.165, 1.54) is 0 Å². The van der Waals surface area contributed by atoms with Gasteiger partial charge >= 0.3 is 0 Å². The highest BCUT2D eigenvalue weighted by Crippen LogP contribution is 2.22. The summed E-state index contributed by atoms with van der Waals surface area (Å²) in [6.45, 7) is 0. The van der Waals surface area contributed by atoms with Crippen LogP contribution in [0.5, 0.6) is 0 Å².